The maximum Gasteiger partial charge on any atom is 0.293 e. The summed E-state index contributed by atoms with van der Waals surface area (Å²) >= 11 is 0. The second kappa shape index (κ2) is 9.77. The van der Waals surface area contributed by atoms with Crippen LogP contribution >= 0.6 is 0 Å². The Morgan fingerprint density at radius 3 is 2.33 bits per heavy atom. The van der Waals surface area contributed by atoms with Gasteiger partial charge >= 0.3 is 0 Å². The number of amides is 2. The number of benzene rings is 2. The smallest absolute Gasteiger partial charge is 0.293 e. The standard InChI is InChI=1S/C29H35N7O3/c1-17-6-9-22(10-7-17)36-27(31-26(32-36)29(38)34-13-18(2)30-19(3)14-34)21-8-11-24-25(12-21)35(23-15-39-16-23)20(4)28(37)33(24)5/h6-12,18-20,23,30H,13-16H2,1-5H3/t18-,19+,20-/m1/s1. The van der Waals surface area contributed by atoms with Crippen molar-refractivity contribution in [1.29, 1.82) is 0 Å². The summed E-state index contributed by atoms with van der Waals surface area (Å²) in [7, 11) is 1.81. The third-order valence-corrected chi connectivity index (χ3v) is 7.91. The molecule has 3 atom stereocenters. The van der Waals surface area contributed by atoms with Gasteiger partial charge in [-0.1, -0.05) is 17.7 Å². The minimum absolute atomic E-state index is 0.0531. The molecule has 10 heteroatoms. The summed E-state index contributed by atoms with van der Waals surface area (Å²) in [5, 5.41) is 8.21. The van der Waals surface area contributed by atoms with E-state index in [1.54, 1.807) is 9.58 Å². The van der Waals surface area contributed by atoms with Crippen LogP contribution in [0.25, 0.3) is 17.1 Å². The van der Waals surface area contributed by atoms with Gasteiger partial charge in [-0.05, 0) is 58.0 Å². The van der Waals surface area contributed by atoms with E-state index in [0.29, 0.717) is 32.1 Å². The molecular weight excluding hydrogens is 494 g/mol. The Morgan fingerprint density at radius 2 is 1.69 bits per heavy atom. The molecule has 0 bridgehead atoms. The van der Waals surface area contributed by atoms with Gasteiger partial charge in [-0.2, -0.15) is 0 Å². The van der Waals surface area contributed by atoms with E-state index in [2.05, 4.69) is 30.1 Å². The minimum Gasteiger partial charge on any atom is -0.377 e. The number of piperazine rings is 1. The highest BCUT2D eigenvalue weighted by atomic mass is 16.5. The Balaban J connectivity index is 1.45. The first-order valence-electron chi connectivity index (χ1n) is 13.6. The normalized spacial score (nSPS) is 23.6. The van der Waals surface area contributed by atoms with Gasteiger partial charge in [-0.25, -0.2) is 9.67 Å². The van der Waals surface area contributed by atoms with Crippen LogP contribution in [0.2, 0.25) is 0 Å². The van der Waals surface area contributed by atoms with Gasteiger partial charge < -0.3 is 24.8 Å². The minimum atomic E-state index is -0.310. The predicted octanol–water partition coefficient (Wildman–Crippen LogP) is 2.64. The summed E-state index contributed by atoms with van der Waals surface area (Å²) in [6, 6.07) is 14.2. The SMILES string of the molecule is Cc1ccc(-n2nc(C(=O)N3C[C@@H](C)N[C@@H](C)C3)nc2-c2ccc3c(c2)N(C2COC2)[C@H](C)C(=O)N3C)cc1. The molecule has 3 aliphatic heterocycles. The lowest BCUT2D eigenvalue weighted by Gasteiger charge is -2.47. The number of carbonyl (C=O) groups is 2. The van der Waals surface area contributed by atoms with Gasteiger partial charge in [0.2, 0.25) is 11.7 Å². The van der Waals surface area contributed by atoms with Gasteiger partial charge in [0.15, 0.2) is 5.82 Å². The molecule has 0 spiro atoms. The highest BCUT2D eigenvalue weighted by Crippen LogP contribution is 2.40. The molecule has 3 aromatic rings. The molecule has 2 saturated heterocycles. The molecule has 0 aliphatic carbocycles. The van der Waals surface area contributed by atoms with Crippen molar-refractivity contribution in [2.75, 3.05) is 43.2 Å². The first-order valence-corrected chi connectivity index (χ1v) is 13.6. The van der Waals surface area contributed by atoms with Crippen LogP contribution < -0.4 is 15.1 Å². The number of anilines is 2. The van der Waals surface area contributed by atoms with Crippen LogP contribution in [0.4, 0.5) is 11.4 Å². The molecule has 2 aromatic carbocycles. The second-order valence-corrected chi connectivity index (χ2v) is 11.1. The van der Waals surface area contributed by atoms with Crippen LogP contribution in [0.1, 0.15) is 37.0 Å². The number of rotatable bonds is 4. The molecule has 0 radical (unpaired) electrons. The quantitative estimate of drug-likeness (QED) is 0.555. The number of nitrogens with zero attached hydrogens (tertiary/aromatic N) is 6. The number of ether oxygens (including phenoxy) is 1. The van der Waals surface area contributed by atoms with E-state index >= 15 is 0 Å². The summed E-state index contributed by atoms with van der Waals surface area (Å²) in [4.78, 5) is 37.2. The molecule has 39 heavy (non-hydrogen) atoms. The van der Waals surface area contributed by atoms with Gasteiger partial charge in [-0.15, -0.1) is 5.10 Å². The van der Waals surface area contributed by atoms with Crippen molar-refractivity contribution < 1.29 is 14.3 Å². The van der Waals surface area contributed by atoms with Crippen molar-refractivity contribution in [3.8, 4) is 17.1 Å². The number of nitrogens with one attached hydrogen (secondary N) is 1. The van der Waals surface area contributed by atoms with Crippen LogP contribution in [0.3, 0.4) is 0 Å². The molecule has 6 rings (SSSR count). The van der Waals surface area contributed by atoms with Crippen LogP contribution in [0, 0.1) is 6.92 Å². The highest BCUT2D eigenvalue weighted by molar-refractivity contribution is 6.05. The number of carbonyl (C=O) groups excluding carboxylic acids is 2. The van der Waals surface area contributed by atoms with Crippen molar-refractivity contribution in [2.45, 2.75) is 51.9 Å². The Hall–Kier alpha value is -3.76. The van der Waals surface area contributed by atoms with Crippen LogP contribution in [-0.4, -0.2) is 89.0 Å². The third kappa shape index (κ3) is 4.47. The summed E-state index contributed by atoms with van der Waals surface area (Å²) < 4.78 is 7.23. The molecule has 2 fully saturated rings. The molecule has 1 aromatic heterocycles. The lowest BCUT2D eigenvalue weighted by Crippen LogP contribution is -2.60. The summed E-state index contributed by atoms with van der Waals surface area (Å²) in [6.07, 6.45) is 0. The molecule has 0 saturated carbocycles. The lowest BCUT2D eigenvalue weighted by atomic mass is 10.0. The predicted molar refractivity (Wildman–Crippen MR) is 149 cm³/mol. The first-order chi connectivity index (χ1) is 18.7. The number of likely N-dealkylation sites (N-methyl/N-ethyl adjacent to an activating group) is 1. The van der Waals surface area contributed by atoms with E-state index in [9.17, 15) is 9.59 Å². The van der Waals surface area contributed by atoms with Gasteiger partial charge in [0.05, 0.1) is 36.3 Å². The Morgan fingerprint density at radius 1 is 1.00 bits per heavy atom. The van der Waals surface area contributed by atoms with Crippen LogP contribution in [0.5, 0.6) is 0 Å². The van der Waals surface area contributed by atoms with E-state index < -0.39 is 0 Å². The van der Waals surface area contributed by atoms with E-state index in [4.69, 9.17) is 14.8 Å². The zero-order valence-corrected chi connectivity index (χ0v) is 23.1. The maximum absolute atomic E-state index is 13.6. The van der Waals surface area contributed by atoms with Crippen molar-refractivity contribution in [1.82, 2.24) is 25.0 Å². The Kier molecular flexibility index (Phi) is 6.39. The van der Waals surface area contributed by atoms with E-state index in [0.717, 1.165) is 28.2 Å². The van der Waals surface area contributed by atoms with Gasteiger partial charge in [0, 0.05) is 37.8 Å². The van der Waals surface area contributed by atoms with E-state index in [1.807, 2.05) is 62.2 Å². The number of aryl methyl sites for hydroxylation is 1. The molecular formula is C29H35N7O3. The zero-order chi connectivity index (χ0) is 27.4. The third-order valence-electron chi connectivity index (χ3n) is 7.91. The Labute approximate surface area is 228 Å². The average Bonchev–Trinajstić information content (AvgIpc) is 3.33. The molecule has 10 nitrogen and oxygen atoms in total. The molecule has 204 valence electrons. The molecule has 1 N–H and O–H groups in total. The van der Waals surface area contributed by atoms with Gasteiger partial charge in [0.1, 0.15) is 6.04 Å². The molecule has 2 amide bonds. The fourth-order valence-electron chi connectivity index (χ4n) is 5.87. The van der Waals surface area contributed by atoms with E-state index in [-0.39, 0.29) is 41.8 Å². The van der Waals surface area contributed by atoms with Crippen molar-refractivity contribution >= 4 is 23.2 Å². The number of aromatic nitrogens is 3. The van der Waals surface area contributed by atoms with Gasteiger partial charge in [-0.3, -0.25) is 9.59 Å². The topological polar surface area (TPSA) is 95.8 Å². The van der Waals surface area contributed by atoms with Crippen molar-refractivity contribution in [2.24, 2.45) is 0 Å². The Bertz CT molecular complexity index is 1400. The van der Waals surface area contributed by atoms with E-state index in [1.165, 1.54) is 0 Å². The average molecular weight is 530 g/mol. The van der Waals surface area contributed by atoms with Crippen LogP contribution in [0.15, 0.2) is 42.5 Å². The second-order valence-electron chi connectivity index (χ2n) is 11.1. The fourth-order valence-corrected chi connectivity index (χ4v) is 5.87. The number of fused-ring (bicyclic) bond motifs is 1. The lowest BCUT2D eigenvalue weighted by molar-refractivity contribution is -0.120. The largest absolute Gasteiger partial charge is 0.377 e. The fraction of sp³-hybridized carbons (Fsp3) is 0.448. The summed E-state index contributed by atoms with van der Waals surface area (Å²) in [6.45, 7) is 10.5. The molecule has 3 aliphatic rings. The van der Waals surface area contributed by atoms with Gasteiger partial charge in [0.25, 0.3) is 5.91 Å². The first kappa shape index (κ1) is 25.5. The summed E-state index contributed by atoms with van der Waals surface area (Å²) in [5.41, 5.74) is 4.58. The zero-order valence-electron chi connectivity index (χ0n) is 23.1. The highest BCUT2D eigenvalue weighted by Gasteiger charge is 2.40. The summed E-state index contributed by atoms with van der Waals surface area (Å²) in [5.74, 6) is 0.637. The van der Waals surface area contributed by atoms with Crippen molar-refractivity contribution in [3.63, 3.8) is 0 Å². The molecule has 0 unspecified atom stereocenters. The van der Waals surface area contributed by atoms with Crippen molar-refractivity contribution in [3.05, 3.63) is 53.9 Å². The maximum atomic E-state index is 13.6. The molecule has 4 heterocycles. The number of hydrogen-bond acceptors (Lipinski definition) is 7. The van der Waals surface area contributed by atoms with Crippen LogP contribution in [-0.2, 0) is 9.53 Å². The monoisotopic (exact) mass is 529 g/mol. The number of hydrogen-bond donors (Lipinski definition) is 1.